The van der Waals surface area contributed by atoms with Gasteiger partial charge in [-0.25, -0.2) is 0 Å². The Morgan fingerprint density at radius 2 is 2.33 bits per heavy atom. The molecule has 1 aromatic rings. The van der Waals surface area contributed by atoms with Gasteiger partial charge in [0.2, 0.25) is 0 Å². The van der Waals surface area contributed by atoms with E-state index in [0.717, 1.165) is 22.0 Å². The van der Waals surface area contributed by atoms with Crippen molar-refractivity contribution in [1.82, 2.24) is 5.48 Å². The Hall–Kier alpha value is -0.910. The molecule has 0 unspecified atom stereocenters. The fourth-order valence-electron chi connectivity index (χ4n) is 1.44. The summed E-state index contributed by atoms with van der Waals surface area (Å²) in [5.74, 6) is 2.46. The summed E-state index contributed by atoms with van der Waals surface area (Å²) >= 11 is 1.68. The molecule has 1 N–H and O–H groups in total. The Bertz CT molecular complexity index is 357. The van der Waals surface area contributed by atoms with Gasteiger partial charge in [0.05, 0.1) is 19.1 Å². The maximum atomic E-state index is 5.46. The molecule has 82 valence electrons. The van der Waals surface area contributed by atoms with Crippen molar-refractivity contribution >= 4 is 11.8 Å². The van der Waals surface area contributed by atoms with E-state index in [1.807, 2.05) is 12.1 Å². The topological polar surface area (TPSA) is 39.7 Å². The molecule has 1 aliphatic heterocycles. The summed E-state index contributed by atoms with van der Waals surface area (Å²) in [4.78, 5) is 5.95. The van der Waals surface area contributed by atoms with Gasteiger partial charge in [0, 0.05) is 12.1 Å². The summed E-state index contributed by atoms with van der Waals surface area (Å²) in [6.45, 7) is 0.598. The maximum absolute atomic E-state index is 5.46. The van der Waals surface area contributed by atoms with E-state index in [0.29, 0.717) is 12.5 Å². The van der Waals surface area contributed by atoms with Gasteiger partial charge < -0.3 is 14.3 Å². The molecule has 1 aliphatic rings. The third kappa shape index (κ3) is 2.19. The Morgan fingerprint density at radius 1 is 1.47 bits per heavy atom. The third-order valence-corrected chi connectivity index (χ3v) is 3.05. The SMILES string of the molecule is CONCc1cc2c(cc1OC)SCO2. The molecule has 1 heterocycles. The molecule has 2 rings (SSSR count). The van der Waals surface area contributed by atoms with Gasteiger partial charge in [0.15, 0.2) is 0 Å². The van der Waals surface area contributed by atoms with Crippen molar-refractivity contribution in [2.45, 2.75) is 11.4 Å². The van der Waals surface area contributed by atoms with E-state index in [1.54, 1.807) is 26.0 Å². The number of nitrogens with one attached hydrogen (secondary N) is 1. The highest BCUT2D eigenvalue weighted by Crippen LogP contribution is 2.40. The minimum Gasteiger partial charge on any atom is -0.496 e. The smallest absolute Gasteiger partial charge is 0.138 e. The fraction of sp³-hybridized carbons (Fsp3) is 0.400. The fourth-order valence-corrected chi connectivity index (χ4v) is 2.21. The minimum atomic E-state index is 0.598. The number of ether oxygens (including phenoxy) is 2. The average Bonchev–Trinajstić information content (AvgIpc) is 2.71. The van der Waals surface area contributed by atoms with Gasteiger partial charge in [-0.3, -0.25) is 0 Å². The van der Waals surface area contributed by atoms with Crippen LogP contribution in [-0.4, -0.2) is 20.2 Å². The van der Waals surface area contributed by atoms with E-state index in [2.05, 4.69) is 5.48 Å². The second kappa shape index (κ2) is 4.74. The van der Waals surface area contributed by atoms with Crippen LogP contribution in [0.2, 0.25) is 0 Å². The van der Waals surface area contributed by atoms with Crippen LogP contribution in [0.3, 0.4) is 0 Å². The summed E-state index contributed by atoms with van der Waals surface area (Å²) in [5, 5.41) is 0. The lowest BCUT2D eigenvalue weighted by Crippen LogP contribution is -2.11. The first-order valence-corrected chi connectivity index (χ1v) is 5.56. The van der Waals surface area contributed by atoms with E-state index >= 15 is 0 Å². The van der Waals surface area contributed by atoms with Crippen LogP contribution < -0.4 is 15.0 Å². The first kappa shape index (κ1) is 10.6. The number of fused-ring (bicyclic) bond motifs is 1. The Morgan fingerprint density at radius 3 is 3.07 bits per heavy atom. The largest absolute Gasteiger partial charge is 0.496 e. The van der Waals surface area contributed by atoms with Crippen LogP contribution in [0.25, 0.3) is 0 Å². The van der Waals surface area contributed by atoms with Crippen LogP contribution in [0.15, 0.2) is 17.0 Å². The van der Waals surface area contributed by atoms with Crippen molar-refractivity contribution in [3.05, 3.63) is 17.7 Å². The lowest BCUT2D eigenvalue weighted by atomic mass is 10.2. The molecule has 0 saturated carbocycles. The normalized spacial score (nSPS) is 13.5. The molecule has 0 atom stereocenters. The van der Waals surface area contributed by atoms with Crippen LogP contribution in [0.4, 0.5) is 0 Å². The van der Waals surface area contributed by atoms with Gasteiger partial charge in [-0.15, -0.1) is 0 Å². The third-order valence-electron chi connectivity index (χ3n) is 2.18. The number of methoxy groups -OCH3 is 1. The number of rotatable bonds is 4. The predicted molar refractivity (Wildman–Crippen MR) is 58.2 cm³/mol. The summed E-state index contributed by atoms with van der Waals surface area (Å²) < 4.78 is 10.8. The first-order chi connectivity index (χ1) is 7.35. The van der Waals surface area contributed by atoms with Crippen molar-refractivity contribution in [3.63, 3.8) is 0 Å². The Kier molecular flexibility index (Phi) is 3.35. The van der Waals surface area contributed by atoms with Gasteiger partial charge >= 0.3 is 0 Å². The van der Waals surface area contributed by atoms with Gasteiger partial charge in [-0.1, -0.05) is 11.8 Å². The van der Waals surface area contributed by atoms with Crippen molar-refractivity contribution in [1.29, 1.82) is 0 Å². The molecule has 0 aliphatic carbocycles. The number of benzene rings is 1. The Balaban J connectivity index is 2.27. The highest BCUT2D eigenvalue weighted by Gasteiger charge is 2.16. The highest BCUT2D eigenvalue weighted by molar-refractivity contribution is 7.99. The van der Waals surface area contributed by atoms with Crippen LogP contribution in [0.1, 0.15) is 5.56 Å². The minimum absolute atomic E-state index is 0.598. The van der Waals surface area contributed by atoms with Gasteiger partial charge in [-0.2, -0.15) is 5.48 Å². The van der Waals surface area contributed by atoms with Crippen LogP contribution in [-0.2, 0) is 11.4 Å². The zero-order valence-electron chi connectivity index (χ0n) is 8.70. The summed E-state index contributed by atoms with van der Waals surface area (Å²) in [6.07, 6.45) is 0. The summed E-state index contributed by atoms with van der Waals surface area (Å²) in [6, 6.07) is 3.99. The van der Waals surface area contributed by atoms with E-state index in [-0.39, 0.29) is 0 Å². The number of hydrogen-bond donors (Lipinski definition) is 1. The predicted octanol–water partition coefficient (Wildman–Crippen LogP) is 1.79. The lowest BCUT2D eigenvalue weighted by molar-refractivity contribution is 0.0860. The molecule has 4 nitrogen and oxygen atoms in total. The molecule has 0 radical (unpaired) electrons. The maximum Gasteiger partial charge on any atom is 0.138 e. The zero-order chi connectivity index (χ0) is 10.7. The second-order valence-electron chi connectivity index (χ2n) is 3.04. The average molecular weight is 227 g/mol. The summed E-state index contributed by atoms with van der Waals surface area (Å²) in [7, 11) is 3.25. The van der Waals surface area contributed by atoms with Gasteiger partial charge in [0.1, 0.15) is 17.4 Å². The molecule has 0 saturated heterocycles. The van der Waals surface area contributed by atoms with Crippen LogP contribution in [0, 0.1) is 0 Å². The zero-order valence-corrected chi connectivity index (χ0v) is 9.52. The highest BCUT2D eigenvalue weighted by atomic mass is 32.2. The molecule has 0 fully saturated rings. The summed E-state index contributed by atoms with van der Waals surface area (Å²) in [5.41, 5.74) is 3.82. The molecule has 0 amide bonds. The van der Waals surface area contributed by atoms with Crippen LogP contribution in [0.5, 0.6) is 11.5 Å². The van der Waals surface area contributed by atoms with Gasteiger partial charge in [0.25, 0.3) is 0 Å². The number of thioether (sulfide) groups is 1. The quantitative estimate of drug-likeness (QED) is 0.794. The molecule has 5 heteroatoms. The molecule has 1 aromatic carbocycles. The van der Waals surface area contributed by atoms with Crippen molar-refractivity contribution in [3.8, 4) is 11.5 Å². The van der Waals surface area contributed by atoms with Gasteiger partial charge in [-0.05, 0) is 12.1 Å². The molecule has 0 aromatic heterocycles. The van der Waals surface area contributed by atoms with E-state index in [4.69, 9.17) is 14.3 Å². The molecule has 0 bridgehead atoms. The lowest BCUT2D eigenvalue weighted by Gasteiger charge is -2.10. The van der Waals surface area contributed by atoms with E-state index in [1.165, 1.54) is 0 Å². The molecule has 0 spiro atoms. The van der Waals surface area contributed by atoms with E-state index < -0.39 is 0 Å². The monoisotopic (exact) mass is 227 g/mol. The van der Waals surface area contributed by atoms with Crippen LogP contribution >= 0.6 is 11.8 Å². The number of hydroxylamine groups is 1. The number of hydrogen-bond acceptors (Lipinski definition) is 5. The van der Waals surface area contributed by atoms with Crippen molar-refractivity contribution in [2.24, 2.45) is 0 Å². The molecular formula is C10H13NO3S. The molecule has 15 heavy (non-hydrogen) atoms. The Labute approximate surface area is 92.9 Å². The molecular weight excluding hydrogens is 214 g/mol. The standard InChI is InChI=1S/C10H13NO3S/c1-12-8-4-10-9(14-6-15-10)3-7(8)5-11-13-2/h3-4,11H,5-6H2,1-2H3. The van der Waals surface area contributed by atoms with Crippen molar-refractivity contribution in [2.75, 3.05) is 20.2 Å². The van der Waals surface area contributed by atoms with E-state index in [9.17, 15) is 0 Å². The second-order valence-corrected chi connectivity index (χ2v) is 4.01. The first-order valence-electron chi connectivity index (χ1n) is 4.57. The van der Waals surface area contributed by atoms with Crippen molar-refractivity contribution < 1.29 is 14.3 Å².